The van der Waals surface area contributed by atoms with Crippen LogP contribution in [0.15, 0.2) is 146 Å². The summed E-state index contributed by atoms with van der Waals surface area (Å²) in [6, 6.07) is 56.5. The maximum absolute atomic E-state index is 3.95. The molecular formula is C64H55BN. The number of nitrogens with one attached hydrogen (secondary N) is 1. The van der Waals surface area contributed by atoms with Crippen molar-refractivity contribution in [2.75, 3.05) is 5.32 Å². The molecule has 7 aromatic rings. The third kappa shape index (κ3) is 4.27. The van der Waals surface area contributed by atoms with Gasteiger partial charge in [-0.3, -0.25) is 0 Å². The Kier molecular flexibility index (Phi) is 6.70. The van der Waals surface area contributed by atoms with Gasteiger partial charge in [0.15, 0.2) is 7.28 Å². The van der Waals surface area contributed by atoms with Crippen molar-refractivity contribution >= 4 is 29.6 Å². The van der Waals surface area contributed by atoms with Crippen molar-refractivity contribution in [3.05, 3.63) is 179 Å². The summed E-state index contributed by atoms with van der Waals surface area (Å²) in [5.74, 6) is 6.42. The van der Waals surface area contributed by atoms with Gasteiger partial charge in [0.05, 0.1) is 0 Å². The third-order valence-corrected chi connectivity index (χ3v) is 21.8. The highest BCUT2D eigenvalue weighted by molar-refractivity contribution is 6.70. The lowest BCUT2D eigenvalue weighted by molar-refractivity contribution is -0.252. The second kappa shape index (κ2) is 12.1. The van der Waals surface area contributed by atoms with Crippen LogP contribution in [0.4, 0.5) is 11.4 Å². The Morgan fingerprint density at radius 1 is 0.561 bits per heavy atom. The van der Waals surface area contributed by atoms with Gasteiger partial charge in [-0.2, -0.15) is 0 Å². The molecule has 0 aromatic heterocycles. The Morgan fingerprint density at radius 3 is 2.05 bits per heavy atom. The van der Waals surface area contributed by atoms with Crippen LogP contribution >= 0.6 is 0 Å². The van der Waals surface area contributed by atoms with Crippen LogP contribution < -0.4 is 16.2 Å². The second-order valence-corrected chi connectivity index (χ2v) is 23.9. The highest BCUT2D eigenvalue weighted by Gasteiger charge is 2.86. The van der Waals surface area contributed by atoms with Crippen molar-refractivity contribution in [2.24, 2.45) is 46.3 Å². The van der Waals surface area contributed by atoms with Crippen LogP contribution in [-0.2, 0) is 17.3 Å². The van der Waals surface area contributed by atoms with Crippen molar-refractivity contribution < 1.29 is 0 Å². The molecule has 4 bridgehead atoms. The van der Waals surface area contributed by atoms with Gasteiger partial charge in [0.25, 0.3) is 0 Å². The lowest BCUT2D eigenvalue weighted by Gasteiger charge is -2.79. The molecule has 1 heterocycles. The maximum atomic E-state index is 3.95. The van der Waals surface area contributed by atoms with E-state index in [1.807, 2.05) is 0 Å². The van der Waals surface area contributed by atoms with E-state index in [9.17, 15) is 0 Å². The monoisotopic (exact) mass is 848 g/mol. The molecule has 66 heavy (non-hydrogen) atoms. The summed E-state index contributed by atoms with van der Waals surface area (Å²) in [4.78, 5) is 0. The molecule has 9 saturated carbocycles. The van der Waals surface area contributed by atoms with Crippen molar-refractivity contribution in [2.45, 2.75) is 87.9 Å². The summed E-state index contributed by atoms with van der Waals surface area (Å²) in [6.07, 6.45) is 14.4. The number of hydrogen-bond donors (Lipinski definition) is 1. The second-order valence-electron chi connectivity index (χ2n) is 23.9. The highest BCUT2D eigenvalue weighted by Crippen LogP contribution is 2.91. The van der Waals surface area contributed by atoms with E-state index in [1.54, 1.807) is 33.4 Å². The van der Waals surface area contributed by atoms with E-state index in [1.165, 1.54) is 113 Å². The molecular weight excluding hydrogens is 794 g/mol. The topological polar surface area (TPSA) is 12.0 Å². The van der Waals surface area contributed by atoms with Gasteiger partial charge < -0.3 is 5.32 Å². The molecule has 1 radical (unpaired) electrons. The fraction of sp³-hybridized carbons (Fsp3) is 0.344. The molecule has 1 N–H and O–H groups in total. The summed E-state index contributed by atoms with van der Waals surface area (Å²) >= 11 is 0. The number of anilines is 2. The predicted molar refractivity (Wildman–Crippen MR) is 270 cm³/mol. The van der Waals surface area contributed by atoms with Crippen LogP contribution in [-0.4, -0.2) is 7.28 Å². The van der Waals surface area contributed by atoms with Gasteiger partial charge in [-0.15, -0.1) is 0 Å². The zero-order valence-electron chi connectivity index (χ0n) is 38.0. The molecule has 1 nitrogen and oxygen atoms in total. The average molecular weight is 849 g/mol. The molecule has 8 atom stereocenters. The van der Waals surface area contributed by atoms with Gasteiger partial charge in [0, 0.05) is 28.3 Å². The first-order valence-electron chi connectivity index (χ1n) is 25.8. The van der Waals surface area contributed by atoms with E-state index in [0.29, 0.717) is 22.2 Å². The molecule has 9 fully saturated rings. The summed E-state index contributed by atoms with van der Waals surface area (Å²) in [5, 5.41) is 3.95. The fourth-order valence-electron chi connectivity index (χ4n) is 19.2. The van der Waals surface area contributed by atoms with E-state index in [0.717, 1.165) is 58.7 Å². The lowest BCUT2D eigenvalue weighted by atomic mass is 9.25. The van der Waals surface area contributed by atoms with Crippen LogP contribution in [0.25, 0.3) is 44.5 Å². The highest BCUT2D eigenvalue weighted by atomic mass is 14.9. The zero-order chi connectivity index (χ0) is 42.9. The smallest absolute Gasteiger partial charge is 0.193 e. The molecule has 8 unspecified atom stereocenters. The largest absolute Gasteiger partial charge is 0.355 e. The van der Waals surface area contributed by atoms with Crippen LogP contribution in [0.2, 0.25) is 0 Å². The van der Waals surface area contributed by atoms with E-state index >= 15 is 0 Å². The maximum Gasteiger partial charge on any atom is 0.193 e. The normalized spacial score (nSPS) is 35.0. The summed E-state index contributed by atoms with van der Waals surface area (Å²) in [6.45, 7) is 2.33. The Balaban J connectivity index is 0.823. The van der Waals surface area contributed by atoms with E-state index < -0.39 is 0 Å². The van der Waals surface area contributed by atoms with Crippen LogP contribution in [0.5, 0.6) is 0 Å². The summed E-state index contributed by atoms with van der Waals surface area (Å²) in [5.41, 5.74) is 27.6. The molecule has 1 aliphatic heterocycles. The van der Waals surface area contributed by atoms with E-state index in [-0.39, 0.29) is 0 Å². The summed E-state index contributed by atoms with van der Waals surface area (Å²) < 4.78 is 0. The number of hydrogen-bond acceptors (Lipinski definition) is 1. The van der Waals surface area contributed by atoms with Gasteiger partial charge in [0.2, 0.25) is 0 Å². The summed E-state index contributed by atoms with van der Waals surface area (Å²) in [7, 11) is 2.67. The molecule has 7 aromatic carbocycles. The van der Waals surface area contributed by atoms with Gasteiger partial charge >= 0.3 is 0 Å². The minimum Gasteiger partial charge on any atom is -0.355 e. The Labute approximate surface area is 390 Å². The SMILES string of the molecule is Cc1cc(-c2cc(-c3ccccc3)ccc2Nc2ccc(-c3ccccc3)cc2)c2c(c1)C1Cc3ccc(C45CC6CC7CC(C4)C76C5)cc3-c3cc(C45CC6CC7CC64C7C5)cc(c31)[B]2. The van der Waals surface area contributed by atoms with Crippen LogP contribution in [0, 0.1) is 53.3 Å². The number of fused-ring (bicyclic) bond motifs is 5. The first-order chi connectivity index (χ1) is 32.4. The van der Waals surface area contributed by atoms with Gasteiger partial charge in [-0.1, -0.05) is 138 Å². The number of aryl methyl sites for hydroxylation is 1. The van der Waals surface area contributed by atoms with Gasteiger partial charge in [-0.25, -0.2) is 0 Å². The van der Waals surface area contributed by atoms with Crippen molar-refractivity contribution in [1.82, 2.24) is 0 Å². The van der Waals surface area contributed by atoms with Crippen molar-refractivity contribution in [3.63, 3.8) is 0 Å². The molecule has 2 spiro atoms. The van der Waals surface area contributed by atoms with Crippen LogP contribution in [0.3, 0.4) is 0 Å². The molecule has 2 heteroatoms. The molecule has 0 amide bonds. The zero-order valence-corrected chi connectivity index (χ0v) is 38.0. The first kappa shape index (κ1) is 36.5. The Bertz CT molecular complexity index is 3260. The quantitative estimate of drug-likeness (QED) is 0.158. The first-order valence-corrected chi connectivity index (χ1v) is 25.8. The molecule has 11 aliphatic rings. The minimum atomic E-state index is 0.335. The van der Waals surface area contributed by atoms with Crippen LogP contribution in [0.1, 0.15) is 97.1 Å². The number of rotatable bonds is 7. The minimum absolute atomic E-state index is 0.335. The van der Waals surface area contributed by atoms with E-state index in [4.69, 9.17) is 0 Å². The van der Waals surface area contributed by atoms with Gasteiger partial charge in [0.1, 0.15) is 0 Å². The molecule has 0 saturated heterocycles. The standard InChI is InChI=1S/C64H55BN/c1-36-20-54(51-23-40(38-10-6-3-7-11-38)15-19-58(51)66-49-17-13-39(14-18-49)37-8-4-2-5-9-37)60-55(21-36)52-24-41-12-16-43(61-31-46-25-45-26-47(32-61)63(45,46)35-61)27-50(41)53-28-44(29-57(65-60)59(52)53)62-33-48-22-42-30-64(48,62)56(42)34-62/h2-21,23,27-29,42,45-48,52,56,66H,22,24-26,30-35H2,1H3. The van der Waals surface area contributed by atoms with Gasteiger partial charge in [-0.05, 0) is 214 Å². The lowest BCUT2D eigenvalue weighted by Crippen LogP contribution is -2.75. The Morgan fingerprint density at radius 2 is 1.30 bits per heavy atom. The molecule has 319 valence electrons. The van der Waals surface area contributed by atoms with Crippen molar-refractivity contribution in [3.8, 4) is 44.5 Å². The van der Waals surface area contributed by atoms with Crippen molar-refractivity contribution in [1.29, 1.82) is 0 Å². The third-order valence-electron chi connectivity index (χ3n) is 21.8. The fourth-order valence-corrected chi connectivity index (χ4v) is 19.2. The molecule has 10 aliphatic carbocycles. The Hall–Kier alpha value is -5.60. The molecule has 18 rings (SSSR count). The number of benzene rings is 7. The van der Waals surface area contributed by atoms with E-state index in [2.05, 4.69) is 165 Å². The average Bonchev–Trinajstić information content (AvgIpc) is 3.98. The predicted octanol–water partition coefficient (Wildman–Crippen LogP) is 13.8.